The van der Waals surface area contributed by atoms with Crippen molar-refractivity contribution in [3.05, 3.63) is 48.2 Å². The molecule has 25 heavy (non-hydrogen) atoms. The summed E-state index contributed by atoms with van der Waals surface area (Å²) >= 11 is 0. The quantitative estimate of drug-likeness (QED) is 0.819. The van der Waals surface area contributed by atoms with E-state index in [2.05, 4.69) is 21.0 Å². The summed E-state index contributed by atoms with van der Waals surface area (Å²) < 4.78 is 5.83. The van der Waals surface area contributed by atoms with Crippen LogP contribution in [-0.4, -0.2) is 65.7 Å². The van der Waals surface area contributed by atoms with Crippen molar-refractivity contribution >= 4 is 11.7 Å². The molecule has 0 bridgehead atoms. The smallest absolute Gasteiger partial charge is 0.291 e. The molecule has 1 unspecified atom stereocenters. The van der Waals surface area contributed by atoms with E-state index in [-0.39, 0.29) is 17.8 Å². The van der Waals surface area contributed by atoms with Crippen LogP contribution >= 0.6 is 0 Å². The summed E-state index contributed by atoms with van der Waals surface area (Å²) in [7, 11) is 3.96. The summed E-state index contributed by atoms with van der Waals surface area (Å²) in [6, 6.07) is 5.82. The first-order valence-electron chi connectivity index (χ1n) is 8.43. The molecule has 3 heterocycles. The Morgan fingerprint density at radius 1 is 1.28 bits per heavy atom. The van der Waals surface area contributed by atoms with Gasteiger partial charge in [0.15, 0.2) is 0 Å². The second-order valence-corrected chi connectivity index (χ2v) is 6.27. The van der Waals surface area contributed by atoms with Crippen LogP contribution in [-0.2, 0) is 11.2 Å². The zero-order valence-corrected chi connectivity index (χ0v) is 14.6. The van der Waals surface area contributed by atoms with Crippen molar-refractivity contribution in [2.24, 2.45) is 0 Å². The second-order valence-electron chi connectivity index (χ2n) is 6.27. The van der Waals surface area contributed by atoms with E-state index < -0.39 is 0 Å². The zero-order chi connectivity index (χ0) is 17.6. The number of nitrogens with zero attached hydrogens (tertiary/aromatic N) is 5. The average molecular weight is 341 g/mol. The lowest BCUT2D eigenvalue weighted by atomic mass is 10.1. The summed E-state index contributed by atoms with van der Waals surface area (Å²) in [5, 5.41) is 0. The molecular weight excluding hydrogens is 318 g/mol. The van der Waals surface area contributed by atoms with E-state index in [1.807, 2.05) is 31.3 Å². The van der Waals surface area contributed by atoms with Crippen molar-refractivity contribution in [2.75, 3.05) is 38.7 Å². The number of hydrogen-bond donors (Lipinski definition) is 0. The Balaban J connectivity index is 1.57. The van der Waals surface area contributed by atoms with Crippen LogP contribution in [0, 0.1) is 0 Å². The minimum Gasteiger partial charge on any atom is -0.375 e. The van der Waals surface area contributed by atoms with Gasteiger partial charge in [-0.25, -0.2) is 15.0 Å². The predicted molar refractivity (Wildman–Crippen MR) is 94.6 cm³/mol. The molecule has 1 aliphatic heterocycles. The molecule has 0 saturated carbocycles. The normalized spacial score (nSPS) is 17.4. The molecule has 7 heteroatoms. The molecule has 0 spiro atoms. The van der Waals surface area contributed by atoms with Crippen LogP contribution in [0.5, 0.6) is 0 Å². The molecule has 0 aliphatic carbocycles. The van der Waals surface area contributed by atoms with E-state index in [0.717, 1.165) is 18.7 Å². The van der Waals surface area contributed by atoms with Crippen molar-refractivity contribution in [3.8, 4) is 0 Å². The van der Waals surface area contributed by atoms with Crippen LogP contribution in [0.1, 0.15) is 22.6 Å². The van der Waals surface area contributed by atoms with Gasteiger partial charge in [0.2, 0.25) is 5.82 Å². The van der Waals surface area contributed by atoms with Crippen LogP contribution in [0.2, 0.25) is 0 Å². The van der Waals surface area contributed by atoms with E-state index in [1.165, 1.54) is 5.56 Å². The number of hydrogen-bond acceptors (Lipinski definition) is 6. The van der Waals surface area contributed by atoms with Gasteiger partial charge in [-0.3, -0.25) is 4.79 Å². The highest BCUT2D eigenvalue weighted by molar-refractivity contribution is 5.90. The lowest BCUT2D eigenvalue weighted by molar-refractivity contribution is -0.0249. The number of rotatable bonds is 5. The fourth-order valence-corrected chi connectivity index (χ4v) is 2.82. The van der Waals surface area contributed by atoms with E-state index in [9.17, 15) is 4.79 Å². The van der Waals surface area contributed by atoms with Gasteiger partial charge < -0.3 is 14.5 Å². The third kappa shape index (κ3) is 4.51. The Bertz CT molecular complexity index is 708. The van der Waals surface area contributed by atoms with Gasteiger partial charge in [-0.2, -0.15) is 0 Å². The van der Waals surface area contributed by atoms with Crippen molar-refractivity contribution in [1.29, 1.82) is 0 Å². The molecule has 7 nitrogen and oxygen atoms in total. The Kier molecular flexibility index (Phi) is 5.55. The van der Waals surface area contributed by atoms with E-state index in [0.29, 0.717) is 19.7 Å². The molecule has 0 radical (unpaired) electrons. The summed E-state index contributed by atoms with van der Waals surface area (Å²) in [6.07, 6.45) is 6.77. The Morgan fingerprint density at radius 3 is 2.84 bits per heavy atom. The van der Waals surface area contributed by atoms with Gasteiger partial charge in [-0.05, 0) is 36.6 Å². The largest absolute Gasteiger partial charge is 0.375 e. The van der Waals surface area contributed by atoms with Crippen LogP contribution in [0.25, 0.3) is 0 Å². The molecule has 0 N–H and O–H groups in total. The molecule has 1 atom stereocenters. The Hall–Kier alpha value is -2.54. The van der Waals surface area contributed by atoms with Crippen LogP contribution < -0.4 is 4.90 Å². The third-order valence-corrected chi connectivity index (χ3v) is 4.21. The Morgan fingerprint density at radius 2 is 2.08 bits per heavy atom. The average Bonchev–Trinajstić information content (AvgIpc) is 2.67. The van der Waals surface area contributed by atoms with Crippen molar-refractivity contribution in [1.82, 2.24) is 19.9 Å². The van der Waals surface area contributed by atoms with Gasteiger partial charge in [0.05, 0.1) is 12.7 Å². The highest BCUT2D eigenvalue weighted by Gasteiger charge is 2.26. The van der Waals surface area contributed by atoms with Gasteiger partial charge >= 0.3 is 0 Å². The number of aryl methyl sites for hydroxylation is 1. The van der Waals surface area contributed by atoms with Crippen molar-refractivity contribution in [3.63, 3.8) is 0 Å². The van der Waals surface area contributed by atoms with Crippen LogP contribution in [0.15, 0.2) is 36.8 Å². The van der Waals surface area contributed by atoms with Gasteiger partial charge in [0, 0.05) is 45.8 Å². The summed E-state index contributed by atoms with van der Waals surface area (Å²) in [5.74, 6) is 1.06. The minimum atomic E-state index is -0.132. The molecule has 1 fully saturated rings. The number of morpholine rings is 1. The van der Waals surface area contributed by atoms with Crippen molar-refractivity contribution < 1.29 is 9.53 Å². The van der Waals surface area contributed by atoms with Gasteiger partial charge in [0.1, 0.15) is 5.82 Å². The van der Waals surface area contributed by atoms with Gasteiger partial charge in [-0.15, -0.1) is 0 Å². The maximum absolute atomic E-state index is 12.5. The lowest BCUT2D eigenvalue weighted by Crippen LogP contribution is -2.46. The third-order valence-electron chi connectivity index (χ3n) is 4.21. The molecule has 0 aromatic carbocycles. The summed E-state index contributed by atoms with van der Waals surface area (Å²) in [6.45, 7) is 1.69. The highest BCUT2D eigenvalue weighted by atomic mass is 16.5. The molecule has 2 aromatic rings. The first-order valence-corrected chi connectivity index (χ1v) is 8.43. The highest BCUT2D eigenvalue weighted by Crippen LogP contribution is 2.16. The van der Waals surface area contributed by atoms with E-state index in [1.54, 1.807) is 23.4 Å². The predicted octanol–water partition coefficient (Wildman–Crippen LogP) is 1.41. The van der Waals surface area contributed by atoms with Crippen LogP contribution in [0.3, 0.4) is 0 Å². The number of amides is 1. The lowest BCUT2D eigenvalue weighted by Gasteiger charge is -2.32. The monoisotopic (exact) mass is 341 g/mol. The first-order chi connectivity index (χ1) is 12.1. The second kappa shape index (κ2) is 8.02. The standard InChI is InChI=1S/C18H23N5O2/c1-22(2)16-12-14(6-9-19-16)4-5-15-13-23(10-11-25-15)18(24)17-20-7-3-8-21-17/h3,6-9,12,15H,4-5,10-11,13H2,1-2H3. The Labute approximate surface area is 147 Å². The molecule has 3 rings (SSSR count). The fourth-order valence-electron chi connectivity index (χ4n) is 2.82. The number of aromatic nitrogens is 3. The molecule has 132 valence electrons. The maximum Gasteiger partial charge on any atom is 0.291 e. The topological polar surface area (TPSA) is 71.5 Å². The zero-order valence-electron chi connectivity index (χ0n) is 14.6. The van der Waals surface area contributed by atoms with Crippen LogP contribution in [0.4, 0.5) is 5.82 Å². The molecule has 1 aliphatic rings. The molecular formula is C18H23N5O2. The summed E-state index contributed by atoms with van der Waals surface area (Å²) in [4.78, 5) is 28.7. The number of carbonyl (C=O) groups excluding carboxylic acids is 1. The van der Waals surface area contributed by atoms with Crippen molar-refractivity contribution in [2.45, 2.75) is 18.9 Å². The van der Waals surface area contributed by atoms with Gasteiger partial charge in [-0.1, -0.05) is 0 Å². The molecule has 2 aromatic heterocycles. The molecule has 1 saturated heterocycles. The first kappa shape index (κ1) is 17.3. The van der Waals surface area contributed by atoms with E-state index >= 15 is 0 Å². The van der Waals surface area contributed by atoms with E-state index in [4.69, 9.17) is 4.74 Å². The maximum atomic E-state index is 12.5. The number of anilines is 1. The van der Waals surface area contributed by atoms with Gasteiger partial charge in [0.25, 0.3) is 5.91 Å². The fraction of sp³-hybridized carbons (Fsp3) is 0.444. The molecule has 1 amide bonds. The number of pyridine rings is 1. The SMILES string of the molecule is CN(C)c1cc(CCC2CN(C(=O)c3ncccn3)CCO2)ccn1. The number of ether oxygens (including phenoxy) is 1. The minimum absolute atomic E-state index is 0.0254. The summed E-state index contributed by atoms with van der Waals surface area (Å²) in [5.41, 5.74) is 1.22. The number of carbonyl (C=O) groups is 1.